The SMILES string of the molecule is CCC(=O)CCCc1cccc2cc(COC(C)CNC(=O)C3Cc4cccc5c4N3C(=O)C(NC=O)CC5)ccc12. The van der Waals surface area contributed by atoms with Crippen LogP contribution in [0.25, 0.3) is 10.8 Å². The highest BCUT2D eigenvalue weighted by Crippen LogP contribution is 2.39. The van der Waals surface area contributed by atoms with E-state index in [9.17, 15) is 19.2 Å². The van der Waals surface area contributed by atoms with Crippen molar-refractivity contribution < 1.29 is 23.9 Å². The minimum atomic E-state index is -0.662. The van der Waals surface area contributed by atoms with Crippen LogP contribution in [0.1, 0.15) is 61.8 Å². The predicted octanol–water partition coefficient (Wildman–Crippen LogP) is 4.18. The van der Waals surface area contributed by atoms with Gasteiger partial charge in [0.05, 0.1) is 18.4 Å². The third-order valence-electron chi connectivity index (χ3n) is 8.41. The molecule has 3 aromatic carbocycles. The van der Waals surface area contributed by atoms with Gasteiger partial charge >= 0.3 is 0 Å². The van der Waals surface area contributed by atoms with Crippen molar-refractivity contribution in [3.63, 3.8) is 0 Å². The topological polar surface area (TPSA) is 105 Å². The summed E-state index contributed by atoms with van der Waals surface area (Å²) < 4.78 is 6.08. The van der Waals surface area contributed by atoms with Gasteiger partial charge in [-0.05, 0) is 71.7 Å². The van der Waals surface area contributed by atoms with Gasteiger partial charge in [-0.15, -0.1) is 0 Å². The highest BCUT2D eigenvalue weighted by molar-refractivity contribution is 6.07. The quantitative estimate of drug-likeness (QED) is 0.301. The van der Waals surface area contributed by atoms with E-state index in [0.717, 1.165) is 40.6 Å². The van der Waals surface area contributed by atoms with E-state index in [2.05, 4.69) is 47.0 Å². The molecule has 0 saturated heterocycles. The lowest BCUT2D eigenvalue weighted by molar-refractivity contribution is -0.128. The maximum atomic E-state index is 13.4. The summed E-state index contributed by atoms with van der Waals surface area (Å²) in [4.78, 5) is 51.1. The number of anilines is 1. The molecule has 0 radical (unpaired) electrons. The standard InChI is InChI=1S/C34H39N3O5/c1-3-28(39)12-6-8-24-7-4-10-26-17-23(13-15-29(24)26)20-42-22(2)19-35-33(40)31-18-27-11-5-9-25-14-16-30(36-21-38)34(41)37(31)32(25)27/h4-5,7,9-11,13,15,17,21-22,30-31H,3,6,8,12,14,16,18-20H2,1-2H3,(H,35,40)(H,36,38). The number of benzene rings is 3. The van der Waals surface area contributed by atoms with E-state index in [1.807, 2.05) is 32.0 Å². The van der Waals surface area contributed by atoms with Crippen LogP contribution in [-0.4, -0.2) is 48.7 Å². The van der Waals surface area contributed by atoms with E-state index >= 15 is 0 Å². The molecular formula is C34H39N3O5. The van der Waals surface area contributed by atoms with Gasteiger partial charge in [0.25, 0.3) is 0 Å². The van der Waals surface area contributed by atoms with Gasteiger partial charge in [0.2, 0.25) is 18.2 Å². The van der Waals surface area contributed by atoms with Crippen LogP contribution in [0, 0.1) is 0 Å². The minimum Gasteiger partial charge on any atom is -0.372 e. The Hall–Kier alpha value is -4.04. The van der Waals surface area contributed by atoms with Gasteiger partial charge in [0.1, 0.15) is 17.9 Å². The second-order valence-electron chi connectivity index (χ2n) is 11.3. The molecule has 2 heterocycles. The molecule has 8 nitrogen and oxygen atoms in total. The van der Waals surface area contributed by atoms with Crippen LogP contribution in [0.4, 0.5) is 5.69 Å². The first-order valence-electron chi connectivity index (χ1n) is 14.9. The number of nitrogens with zero attached hydrogens (tertiary/aromatic N) is 1. The molecule has 42 heavy (non-hydrogen) atoms. The number of hydrogen-bond acceptors (Lipinski definition) is 5. The lowest BCUT2D eigenvalue weighted by Gasteiger charge is -2.27. The molecule has 3 amide bonds. The highest BCUT2D eigenvalue weighted by Gasteiger charge is 2.43. The smallest absolute Gasteiger partial charge is 0.250 e. The first-order chi connectivity index (χ1) is 20.4. The van der Waals surface area contributed by atoms with Crippen molar-refractivity contribution >= 4 is 40.5 Å². The summed E-state index contributed by atoms with van der Waals surface area (Å²) in [6.07, 6.45) is 4.86. The van der Waals surface area contributed by atoms with Crippen molar-refractivity contribution in [3.8, 4) is 0 Å². The van der Waals surface area contributed by atoms with Crippen LogP contribution in [0.3, 0.4) is 0 Å². The molecule has 2 N–H and O–H groups in total. The van der Waals surface area contributed by atoms with Crippen LogP contribution in [0.15, 0.2) is 54.6 Å². The zero-order valence-corrected chi connectivity index (χ0v) is 24.4. The van der Waals surface area contributed by atoms with E-state index < -0.39 is 12.1 Å². The molecule has 3 unspecified atom stereocenters. The van der Waals surface area contributed by atoms with Gasteiger partial charge < -0.3 is 15.4 Å². The second-order valence-corrected chi connectivity index (χ2v) is 11.3. The molecule has 3 atom stereocenters. The zero-order chi connectivity index (χ0) is 29.6. The number of aryl methyl sites for hydroxylation is 2. The fraction of sp³-hybridized carbons (Fsp3) is 0.412. The molecule has 2 aliphatic heterocycles. The van der Waals surface area contributed by atoms with Crippen LogP contribution in [0.2, 0.25) is 0 Å². The van der Waals surface area contributed by atoms with Crippen molar-refractivity contribution in [2.45, 2.75) is 83.6 Å². The summed E-state index contributed by atoms with van der Waals surface area (Å²) in [5, 5.41) is 7.95. The fourth-order valence-corrected chi connectivity index (χ4v) is 6.10. The summed E-state index contributed by atoms with van der Waals surface area (Å²) in [5.74, 6) is -0.172. The van der Waals surface area contributed by atoms with Crippen molar-refractivity contribution in [2.75, 3.05) is 11.4 Å². The van der Waals surface area contributed by atoms with Gasteiger partial charge in [-0.25, -0.2) is 0 Å². The molecular weight excluding hydrogens is 530 g/mol. The number of para-hydroxylation sites is 1. The third-order valence-corrected chi connectivity index (χ3v) is 8.41. The number of rotatable bonds is 13. The maximum absolute atomic E-state index is 13.4. The lowest BCUT2D eigenvalue weighted by Crippen LogP contribution is -2.54. The molecule has 0 aliphatic carbocycles. The zero-order valence-electron chi connectivity index (χ0n) is 24.4. The highest BCUT2D eigenvalue weighted by atomic mass is 16.5. The fourth-order valence-electron chi connectivity index (χ4n) is 6.10. The van der Waals surface area contributed by atoms with E-state index in [1.165, 1.54) is 10.9 Å². The number of fused-ring (bicyclic) bond motifs is 1. The van der Waals surface area contributed by atoms with Gasteiger partial charge in [-0.3, -0.25) is 24.1 Å². The summed E-state index contributed by atoms with van der Waals surface area (Å²) in [6.45, 7) is 4.54. The molecule has 0 aromatic heterocycles. The number of hydrogen-bond donors (Lipinski definition) is 2. The Morgan fingerprint density at radius 3 is 2.74 bits per heavy atom. The number of amides is 3. The average Bonchev–Trinajstić information content (AvgIpc) is 3.34. The normalized spacial score (nSPS) is 18.3. The summed E-state index contributed by atoms with van der Waals surface area (Å²) in [7, 11) is 0. The molecule has 0 saturated carbocycles. The summed E-state index contributed by atoms with van der Waals surface area (Å²) in [6, 6.07) is 17.2. The number of carbonyl (C=O) groups excluding carboxylic acids is 4. The molecule has 0 fully saturated rings. The minimum absolute atomic E-state index is 0.230. The van der Waals surface area contributed by atoms with Gasteiger partial charge in [0.15, 0.2) is 0 Å². The maximum Gasteiger partial charge on any atom is 0.250 e. The molecule has 0 bridgehead atoms. The van der Waals surface area contributed by atoms with Gasteiger partial charge in [0, 0.05) is 25.8 Å². The first kappa shape index (κ1) is 29.5. The largest absolute Gasteiger partial charge is 0.372 e. The van der Waals surface area contributed by atoms with Crippen molar-refractivity contribution in [1.82, 2.24) is 10.6 Å². The van der Waals surface area contributed by atoms with Crippen LogP contribution < -0.4 is 15.5 Å². The first-order valence-corrected chi connectivity index (χ1v) is 14.9. The molecule has 8 heteroatoms. The lowest BCUT2D eigenvalue weighted by atomic mass is 9.98. The number of carbonyl (C=O) groups is 4. The Balaban J connectivity index is 1.17. The Morgan fingerprint density at radius 2 is 1.93 bits per heavy atom. The number of nitrogens with one attached hydrogen (secondary N) is 2. The number of ether oxygens (including phenoxy) is 1. The van der Waals surface area contributed by atoms with Gasteiger partial charge in [-0.1, -0.05) is 55.5 Å². The number of ketones is 1. The van der Waals surface area contributed by atoms with E-state index in [-0.39, 0.29) is 17.9 Å². The number of Topliss-reactive ketones (excluding diaryl/α,β-unsaturated/α-hetero) is 1. The Kier molecular flexibility index (Phi) is 9.32. The summed E-state index contributed by atoms with van der Waals surface area (Å²) >= 11 is 0. The molecule has 2 aliphatic rings. The Morgan fingerprint density at radius 1 is 1.12 bits per heavy atom. The summed E-state index contributed by atoms with van der Waals surface area (Å²) in [5.41, 5.74) is 5.11. The molecule has 5 rings (SSSR count). The molecule has 0 spiro atoms. The Labute approximate surface area is 246 Å². The predicted molar refractivity (Wildman–Crippen MR) is 162 cm³/mol. The van der Waals surface area contributed by atoms with Crippen LogP contribution in [0.5, 0.6) is 0 Å². The third kappa shape index (κ3) is 6.39. The average molecular weight is 570 g/mol. The van der Waals surface area contributed by atoms with Crippen LogP contribution in [-0.2, 0) is 49.8 Å². The van der Waals surface area contributed by atoms with Crippen molar-refractivity contribution in [3.05, 3.63) is 76.9 Å². The van der Waals surface area contributed by atoms with E-state index in [1.54, 1.807) is 4.90 Å². The van der Waals surface area contributed by atoms with E-state index in [4.69, 9.17) is 4.74 Å². The van der Waals surface area contributed by atoms with Gasteiger partial charge in [-0.2, -0.15) is 0 Å². The molecule has 3 aromatic rings. The second kappa shape index (κ2) is 13.3. The van der Waals surface area contributed by atoms with E-state index in [0.29, 0.717) is 57.4 Å². The van der Waals surface area contributed by atoms with Crippen LogP contribution >= 0.6 is 0 Å². The monoisotopic (exact) mass is 569 g/mol. The molecule has 220 valence electrons. The van der Waals surface area contributed by atoms with Crippen molar-refractivity contribution in [1.29, 1.82) is 0 Å². The Bertz CT molecular complexity index is 1490. The van der Waals surface area contributed by atoms with Crippen molar-refractivity contribution in [2.24, 2.45) is 0 Å².